The highest BCUT2D eigenvalue weighted by atomic mass is 19.4. The van der Waals surface area contributed by atoms with E-state index in [1.165, 1.54) is 12.1 Å². The van der Waals surface area contributed by atoms with E-state index in [1.807, 2.05) is 0 Å². The fourth-order valence-electron chi connectivity index (χ4n) is 3.30. The Hall–Kier alpha value is -1.56. The number of alkyl halides is 3. The molecule has 6 heteroatoms. The van der Waals surface area contributed by atoms with Crippen LogP contribution in [0.5, 0.6) is 0 Å². The van der Waals surface area contributed by atoms with Crippen LogP contribution in [0.15, 0.2) is 24.3 Å². The van der Waals surface area contributed by atoms with Crippen LogP contribution >= 0.6 is 0 Å². The van der Waals surface area contributed by atoms with Crippen molar-refractivity contribution in [1.29, 1.82) is 0 Å². The molecule has 0 radical (unpaired) electrons. The summed E-state index contributed by atoms with van der Waals surface area (Å²) in [6.07, 6.45) is -0.894. The smallest absolute Gasteiger partial charge is 0.355 e. The Labute approximate surface area is 140 Å². The van der Waals surface area contributed by atoms with Crippen LogP contribution in [-0.2, 0) is 16.4 Å². The lowest BCUT2D eigenvalue weighted by atomic mass is 9.78. The molecule has 0 spiro atoms. The summed E-state index contributed by atoms with van der Waals surface area (Å²) < 4.78 is 39.0. The third-order valence-electron chi connectivity index (χ3n) is 5.17. The standard InChI is InChI=1S/C18H25F3N2O/c1-12(13(2)22)16(24)23-11-17(8-3-4-9-17)14-6-5-7-15(10-14)18(19,20)21/h5-7,10,12-13H,3-4,8-9,11,22H2,1-2H3,(H,23,24). The van der Waals surface area contributed by atoms with Gasteiger partial charge in [-0.05, 0) is 31.4 Å². The van der Waals surface area contributed by atoms with Crippen LogP contribution in [0.4, 0.5) is 13.2 Å². The first kappa shape index (κ1) is 18.8. The molecule has 0 heterocycles. The van der Waals surface area contributed by atoms with Gasteiger partial charge in [0, 0.05) is 23.9 Å². The first-order valence-electron chi connectivity index (χ1n) is 8.37. The van der Waals surface area contributed by atoms with Crippen molar-refractivity contribution < 1.29 is 18.0 Å². The molecule has 1 aromatic rings. The van der Waals surface area contributed by atoms with Gasteiger partial charge in [-0.25, -0.2) is 0 Å². The number of amides is 1. The van der Waals surface area contributed by atoms with Gasteiger partial charge in [0.1, 0.15) is 0 Å². The average molecular weight is 342 g/mol. The fourth-order valence-corrected chi connectivity index (χ4v) is 3.30. The third kappa shape index (κ3) is 4.09. The lowest BCUT2D eigenvalue weighted by Gasteiger charge is -2.31. The Balaban J connectivity index is 2.21. The SMILES string of the molecule is CC(N)C(C)C(=O)NCC1(c2cccc(C(F)(F)F)c2)CCCC1. The molecule has 3 N–H and O–H groups in total. The number of carbonyl (C=O) groups excluding carboxylic acids is 1. The van der Waals surface area contributed by atoms with Crippen molar-refractivity contribution in [2.45, 2.75) is 57.2 Å². The minimum absolute atomic E-state index is 0.150. The van der Waals surface area contributed by atoms with E-state index in [-0.39, 0.29) is 17.9 Å². The van der Waals surface area contributed by atoms with Crippen molar-refractivity contribution >= 4 is 5.91 Å². The molecule has 1 aliphatic rings. The lowest BCUT2D eigenvalue weighted by molar-refractivity contribution is -0.137. The summed E-state index contributed by atoms with van der Waals surface area (Å²) in [6, 6.07) is 5.24. The van der Waals surface area contributed by atoms with E-state index < -0.39 is 17.2 Å². The van der Waals surface area contributed by atoms with Crippen LogP contribution in [0.2, 0.25) is 0 Å². The second-order valence-corrected chi connectivity index (χ2v) is 6.93. The summed E-state index contributed by atoms with van der Waals surface area (Å²) >= 11 is 0. The van der Waals surface area contributed by atoms with Gasteiger partial charge in [0.15, 0.2) is 0 Å². The van der Waals surface area contributed by atoms with Gasteiger partial charge in [0.2, 0.25) is 5.91 Å². The van der Waals surface area contributed by atoms with E-state index in [1.54, 1.807) is 19.9 Å². The zero-order valence-electron chi connectivity index (χ0n) is 14.1. The van der Waals surface area contributed by atoms with E-state index in [4.69, 9.17) is 5.73 Å². The molecule has 134 valence electrons. The van der Waals surface area contributed by atoms with Gasteiger partial charge in [-0.3, -0.25) is 4.79 Å². The zero-order chi connectivity index (χ0) is 18.0. The molecule has 1 amide bonds. The molecular weight excluding hydrogens is 317 g/mol. The van der Waals surface area contributed by atoms with Crippen molar-refractivity contribution in [2.75, 3.05) is 6.54 Å². The molecular formula is C18H25F3N2O. The molecule has 2 rings (SSSR count). The van der Waals surface area contributed by atoms with Gasteiger partial charge in [0.25, 0.3) is 0 Å². The number of halogens is 3. The number of nitrogens with two attached hydrogens (primary N) is 1. The number of hydrogen-bond acceptors (Lipinski definition) is 2. The predicted octanol–water partition coefficient (Wildman–Crippen LogP) is 3.62. The topological polar surface area (TPSA) is 55.1 Å². The van der Waals surface area contributed by atoms with Crippen molar-refractivity contribution in [3.05, 3.63) is 35.4 Å². The molecule has 1 aromatic carbocycles. The number of rotatable bonds is 5. The van der Waals surface area contributed by atoms with E-state index in [2.05, 4.69) is 5.32 Å². The summed E-state index contributed by atoms with van der Waals surface area (Å²) in [5.41, 5.74) is 5.34. The van der Waals surface area contributed by atoms with Gasteiger partial charge in [0.05, 0.1) is 5.56 Å². The second-order valence-electron chi connectivity index (χ2n) is 6.93. The van der Waals surface area contributed by atoms with Crippen LogP contribution in [0.3, 0.4) is 0 Å². The first-order valence-corrected chi connectivity index (χ1v) is 8.37. The van der Waals surface area contributed by atoms with Crippen molar-refractivity contribution in [3.63, 3.8) is 0 Å². The average Bonchev–Trinajstić information content (AvgIpc) is 3.01. The second kappa shape index (κ2) is 7.13. The van der Waals surface area contributed by atoms with Gasteiger partial charge < -0.3 is 11.1 Å². The van der Waals surface area contributed by atoms with Crippen LogP contribution in [-0.4, -0.2) is 18.5 Å². The molecule has 0 saturated heterocycles. The van der Waals surface area contributed by atoms with Gasteiger partial charge >= 0.3 is 6.18 Å². The quantitative estimate of drug-likeness (QED) is 0.859. The largest absolute Gasteiger partial charge is 0.416 e. The van der Waals surface area contributed by atoms with Crippen LogP contribution in [0, 0.1) is 5.92 Å². The Morgan fingerprint density at radius 1 is 1.29 bits per heavy atom. The van der Waals surface area contributed by atoms with E-state index in [0.29, 0.717) is 12.1 Å². The monoisotopic (exact) mass is 342 g/mol. The van der Waals surface area contributed by atoms with E-state index in [0.717, 1.165) is 31.7 Å². The van der Waals surface area contributed by atoms with E-state index in [9.17, 15) is 18.0 Å². The van der Waals surface area contributed by atoms with Crippen molar-refractivity contribution in [2.24, 2.45) is 11.7 Å². The molecule has 0 aromatic heterocycles. The maximum Gasteiger partial charge on any atom is 0.416 e. The van der Waals surface area contributed by atoms with Crippen molar-refractivity contribution in [1.82, 2.24) is 5.32 Å². The molecule has 1 saturated carbocycles. The molecule has 0 bridgehead atoms. The zero-order valence-corrected chi connectivity index (χ0v) is 14.1. The highest BCUT2D eigenvalue weighted by molar-refractivity contribution is 5.79. The number of carbonyl (C=O) groups is 1. The van der Waals surface area contributed by atoms with Crippen LogP contribution in [0.1, 0.15) is 50.7 Å². The predicted molar refractivity (Wildman–Crippen MR) is 87.4 cm³/mol. The molecule has 3 nitrogen and oxygen atoms in total. The molecule has 0 aliphatic heterocycles. The lowest BCUT2D eigenvalue weighted by Crippen LogP contribution is -2.44. The number of hydrogen-bond donors (Lipinski definition) is 2. The summed E-state index contributed by atoms with van der Waals surface area (Å²) in [4.78, 5) is 12.2. The third-order valence-corrected chi connectivity index (χ3v) is 5.17. The summed E-state index contributed by atoms with van der Waals surface area (Å²) in [6.45, 7) is 3.87. The Bertz CT molecular complexity index is 578. The minimum Gasteiger partial charge on any atom is -0.355 e. The summed E-state index contributed by atoms with van der Waals surface area (Å²) in [5, 5.41) is 2.90. The number of benzene rings is 1. The Morgan fingerprint density at radius 2 is 1.92 bits per heavy atom. The number of nitrogens with one attached hydrogen (secondary N) is 1. The summed E-state index contributed by atoms with van der Waals surface area (Å²) in [7, 11) is 0. The van der Waals surface area contributed by atoms with Crippen LogP contribution in [0.25, 0.3) is 0 Å². The highest BCUT2D eigenvalue weighted by Gasteiger charge is 2.38. The maximum absolute atomic E-state index is 13.0. The maximum atomic E-state index is 13.0. The van der Waals surface area contributed by atoms with Gasteiger partial charge in [-0.15, -0.1) is 0 Å². The molecule has 1 fully saturated rings. The highest BCUT2D eigenvalue weighted by Crippen LogP contribution is 2.42. The summed E-state index contributed by atoms with van der Waals surface area (Å²) in [5.74, 6) is -0.479. The Kier molecular flexibility index (Phi) is 5.58. The van der Waals surface area contributed by atoms with Crippen molar-refractivity contribution in [3.8, 4) is 0 Å². The van der Waals surface area contributed by atoms with E-state index >= 15 is 0 Å². The fraction of sp³-hybridized carbons (Fsp3) is 0.611. The molecule has 2 unspecified atom stereocenters. The first-order chi connectivity index (χ1) is 11.2. The van der Waals surface area contributed by atoms with Crippen LogP contribution < -0.4 is 11.1 Å². The molecule has 1 aliphatic carbocycles. The minimum atomic E-state index is -4.36. The molecule has 24 heavy (non-hydrogen) atoms. The Morgan fingerprint density at radius 3 is 2.46 bits per heavy atom. The van der Waals surface area contributed by atoms with Gasteiger partial charge in [-0.1, -0.05) is 38.0 Å². The van der Waals surface area contributed by atoms with Gasteiger partial charge in [-0.2, -0.15) is 13.2 Å². The molecule has 2 atom stereocenters. The normalized spacial score (nSPS) is 19.8.